The Kier molecular flexibility index (Phi) is 7.23. The van der Waals surface area contributed by atoms with Crippen LogP contribution in [-0.2, 0) is 19.0 Å². The van der Waals surface area contributed by atoms with Gasteiger partial charge < -0.3 is 29.5 Å². The summed E-state index contributed by atoms with van der Waals surface area (Å²) >= 11 is 0. The topological polar surface area (TPSA) is 169 Å². The van der Waals surface area contributed by atoms with Crippen molar-refractivity contribution in [2.75, 3.05) is 25.1 Å². The number of esters is 1. The molecule has 12 nitrogen and oxygen atoms in total. The fraction of sp³-hybridized carbons (Fsp3) is 0.412. The Morgan fingerprint density at radius 2 is 2.00 bits per heavy atom. The van der Waals surface area contributed by atoms with Crippen LogP contribution in [0.15, 0.2) is 42.4 Å². The van der Waals surface area contributed by atoms with Crippen molar-refractivity contribution < 1.29 is 39.1 Å². The fourth-order valence-corrected chi connectivity index (χ4v) is 2.61. The number of rotatable bonds is 8. The van der Waals surface area contributed by atoms with Gasteiger partial charge in [-0.15, -0.1) is 0 Å². The van der Waals surface area contributed by atoms with Gasteiger partial charge in [0.1, 0.15) is 31.2 Å². The fourth-order valence-electron chi connectivity index (χ4n) is 2.61. The first-order chi connectivity index (χ1) is 13.8. The molecule has 1 aliphatic heterocycles. The smallest absolute Gasteiger partial charge is 0.413 e. The predicted molar refractivity (Wildman–Crippen MR) is 96.8 cm³/mol. The van der Waals surface area contributed by atoms with Crippen molar-refractivity contribution in [1.82, 2.24) is 9.55 Å². The molecule has 0 radical (unpaired) electrons. The molecular formula is C17H21N3O9. The Hall–Kier alpha value is -3.06. The molecular weight excluding hydrogens is 390 g/mol. The maximum Gasteiger partial charge on any atom is 0.413 e. The summed E-state index contributed by atoms with van der Waals surface area (Å²) in [4.78, 5) is 39.6. The third kappa shape index (κ3) is 4.51. The van der Waals surface area contributed by atoms with E-state index in [1.807, 2.05) is 0 Å². The van der Waals surface area contributed by atoms with Crippen LogP contribution in [0.2, 0.25) is 0 Å². The van der Waals surface area contributed by atoms with E-state index in [1.54, 1.807) is 0 Å². The molecule has 12 heteroatoms. The molecule has 29 heavy (non-hydrogen) atoms. The minimum Gasteiger partial charge on any atom is -0.459 e. The highest BCUT2D eigenvalue weighted by Crippen LogP contribution is 2.37. The van der Waals surface area contributed by atoms with Crippen molar-refractivity contribution >= 4 is 17.9 Å². The summed E-state index contributed by atoms with van der Waals surface area (Å²) in [6, 6.07) is 1.20. The van der Waals surface area contributed by atoms with E-state index in [0.717, 1.165) is 10.8 Å². The number of amides is 1. The molecule has 0 bridgehead atoms. The lowest BCUT2D eigenvalue weighted by Gasteiger charge is -2.27. The monoisotopic (exact) mass is 411 g/mol. The molecule has 0 saturated carbocycles. The second-order valence-electron chi connectivity index (χ2n) is 5.87. The molecule has 2 heterocycles. The summed E-state index contributed by atoms with van der Waals surface area (Å²) in [6.45, 7) is 5.60. The maximum atomic E-state index is 12.3. The lowest BCUT2D eigenvalue weighted by atomic mass is 9.92. The van der Waals surface area contributed by atoms with Crippen LogP contribution in [0, 0.1) is 0 Å². The molecule has 158 valence electrons. The van der Waals surface area contributed by atoms with Crippen molar-refractivity contribution in [1.29, 1.82) is 0 Å². The van der Waals surface area contributed by atoms with Gasteiger partial charge in [-0.05, 0) is 6.07 Å². The SMILES string of the molecule is C=CCOC(=O)Nc1ccn([C@@H]2O[C@H](CO)[C@](O)(C(=O)OCC=C)[C@H]2O)c(=O)n1. The van der Waals surface area contributed by atoms with Crippen LogP contribution in [0.5, 0.6) is 0 Å². The molecule has 4 atom stereocenters. The van der Waals surface area contributed by atoms with Crippen LogP contribution < -0.4 is 11.0 Å². The number of ether oxygens (including phenoxy) is 3. The standard InChI is InChI=1S/C17H21N3O9/c1-3-7-27-14(23)17(26)10(9-21)29-13(12(17)22)20-6-5-11(18-15(20)24)19-16(25)28-8-4-2/h3-6,10,12-13,21-22,26H,1-2,7-9H2,(H,18,19,24,25)/t10-,12+,13-,17-/m1/s1. The quantitative estimate of drug-likeness (QED) is 0.297. The van der Waals surface area contributed by atoms with Gasteiger partial charge in [0.05, 0.1) is 6.61 Å². The number of aliphatic hydroxyl groups excluding tert-OH is 2. The minimum atomic E-state index is -2.63. The number of anilines is 1. The van der Waals surface area contributed by atoms with Crippen LogP contribution in [0.3, 0.4) is 0 Å². The van der Waals surface area contributed by atoms with E-state index in [4.69, 9.17) is 14.2 Å². The van der Waals surface area contributed by atoms with Gasteiger partial charge in [-0.25, -0.2) is 14.4 Å². The first-order valence-electron chi connectivity index (χ1n) is 8.38. The number of nitrogens with zero attached hydrogens (tertiary/aromatic N) is 2. The summed E-state index contributed by atoms with van der Waals surface area (Å²) in [5, 5.41) is 32.8. The lowest BCUT2D eigenvalue weighted by Crippen LogP contribution is -2.56. The average Bonchev–Trinajstić information content (AvgIpc) is 2.96. The van der Waals surface area contributed by atoms with Crippen molar-refractivity contribution in [2.45, 2.75) is 24.0 Å². The molecule has 1 fully saturated rings. The van der Waals surface area contributed by atoms with Crippen LogP contribution in [0.25, 0.3) is 0 Å². The van der Waals surface area contributed by atoms with E-state index in [-0.39, 0.29) is 19.0 Å². The van der Waals surface area contributed by atoms with Crippen molar-refractivity contribution in [3.63, 3.8) is 0 Å². The van der Waals surface area contributed by atoms with Gasteiger partial charge in [-0.2, -0.15) is 4.98 Å². The largest absolute Gasteiger partial charge is 0.459 e. The highest BCUT2D eigenvalue weighted by molar-refractivity contribution is 5.83. The van der Waals surface area contributed by atoms with Crippen LogP contribution >= 0.6 is 0 Å². The van der Waals surface area contributed by atoms with E-state index in [2.05, 4.69) is 23.5 Å². The van der Waals surface area contributed by atoms with Crippen LogP contribution in [0.4, 0.5) is 10.6 Å². The summed E-state index contributed by atoms with van der Waals surface area (Å²) in [5.41, 5.74) is -3.61. The summed E-state index contributed by atoms with van der Waals surface area (Å²) in [7, 11) is 0. The van der Waals surface area contributed by atoms with E-state index in [0.29, 0.717) is 0 Å². The molecule has 0 spiro atoms. The summed E-state index contributed by atoms with van der Waals surface area (Å²) < 4.78 is 15.5. The van der Waals surface area contributed by atoms with E-state index in [1.165, 1.54) is 18.2 Å². The second kappa shape index (κ2) is 9.43. The molecule has 1 saturated heterocycles. The molecule has 1 aliphatic rings. The third-order valence-electron chi connectivity index (χ3n) is 4.01. The predicted octanol–water partition coefficient (Wildman–Crippen LogP) is -1.31. The zero-order valence-corrected chi connectivity index (χ0v) is 15.3. The van der Waals surface area contributed by atoms with E-state index in [9.17, 15) is 29.7 Å². The van der Waals surface area contributed by atoms with Crippen LogP contribution in [0.1, 0.15) is 6.23 Å². The molecule has 1 aromatic heterocycles. The molecule has 4 N–H and O–H groups in total. The number of hydrogen-bond acceptors (Lipinski definition) is 10. The lowest BCUT2D eigenvalue weighted by molar-refractivity contribution is -0.180. The number of aromatic nitrogens is 2. The molecule has 1 aromatic rings. The van der Waals surface area contributed by atoms with Crippen molar-refractivity contribution in [3.8, 4) is 0 Å². The van der Waals surface area contributed by atoms with Gasteiger partial charge in [-0.1, -0.05) is 25.3 Å². The van der Waals surface area contributed by atoms with Gasteiger partial charge in [0.25, 0.3) is 0 Å². The Morgan fingerprint density at radius 3 is 2.59 bits per heavy atom. The number of hydrogen-bond donors (Lipinski definition) is 4. The Bertz CT molecular complexity index is 840. The van der Waals surface area contributed by atoms with Gasteiger partial charge in [0, 0.05) is 6.20 Å². The summed E-state index contributed by atoms with van der Waals surface area (Å²) in [5.74, 6) is -1.40. The Morgan fingerprint density at radius 1 is 1.34 bits per heavy atom. The first kappa shape index (κ1) is 22.2. The number of aliphatic hydroxyl groups is 3. The first-order valence-corrected chi connectivity index (χ1v) is 8.38. The number of carbonyl (C=O) groups is 2. The maximum absolute atomic E-state index is 12.3. The average molecular weight is 411 g/mol. The van der Waals surface area contributed by atoms with E-state index < -0.39 is 48.4 Å². The molecule has 2 rings (SSSR count). The van der Waals surface area contributed by atoms with Gasteiger partial charge >= 0.3 is 17.8 Å². The van der Waals surface area contributed by atoms with Gasteiger partial charge in [0.15, 0.2) is 6.23 Å². The van der Waals surface area contributed by atoms with Crippen LogP contribution in [-0.4, -0.2) is 74.6 Å². The highest BCUT2D eigenvalue weighted by Gasteiger charge is 2.62. The zero-order valence-electron chi connectivity index (χ0n) is 15.3. The normalized spacial score (nSPS) is 25.8. The highest BCUT2D eigenvalue weighted by atomic mass is 16.6. The second-order valence-corrected chi connectivity index (χ2v) is 5.87. The van der Waals surface area contributed by atoms with E-state index >= 15 is 0 Å². The molecule has 0 aromatic carbocycles. The molecule has 0 aliphatic carbocycles. The Balaban J connectivity index is 2.24. The Labute approximate surface area is 164 Å². The third-order valence-corrected chi connectivity index (χ3v) is 4.01. The minimum absolute atomic E-state index is 0.0475. The van der Waals surface area contributed by atoms with Crippen molar-refractivity contribution in [3.05, 3.63) is 48.1 Å². The number of nitrogens with one attached hydrogen (secondary N) is 1. The zero-order chi connectivity index (χ0) is 21.6. The van der Waals surface area contributed by atoms with Gasteiger partial charge in [0.2, 0.25) is 5.60 Å². The van der Waals surface area contributed by atoms with Gasteiger partial charge in [-0.3, -0.25) is 9.88 Å². The number of carbonyl (C=O) groups excluding carboxylic acids is 2. The summed E-state index contributed by atoms with van der Waals surface area (Å²) in [6.07, 6.45) is -2.26. The molecule has 1 amide bonds. The molecule has 0 unspecified atom stereocenters. The van der Waals surface area contributed by atoms with Crippen molar-refractivity contribution in [2.24, 2.45) is 0 Å².